The lowest BCUT2D eigenvalue weighted by atomic mass is 10.1. The number of nitrogens with zero attached hydrogens (tertiary/aromatic N) is 2. The van der Waals surface area contributed by atoms with Gasteiger partial charge in [-0.15, -0.1) is 0 Å². The van der Waals surface area contributed by atoms with E-state index in [-0.39, 0.29) is 10.7 Å². The van der Waals surface area contributed by atoms with Gasteiger partial charge in [-0.1, -0.05) is 35.9 Å². The number of fused-ring (bicyclic) bond motifs is 1. The average molecular weight is 512 g/mol. The van der Waals surface area contributed by atoms with E-state index < -0.39 is 11.8 Å². The van der Waals surface area contributed by atoms with Crippen LogP contribution < -0.4 is 19.7 Å². The van der Waals surface area contributed by atoms with Crippen molar-refractivity contribution in [3.8, 4) is 11.5 Å². The Morgan fingerprint density at radius 2 is 1.65 bits per heavy atom. The number of carbonyl (C=O) groups is 2. The highest BCUT2D eigenvalue weighted by molar-refractivity contribution is 7.80. The van der Waals surface area contributed by atoms with Crippen molar-refractivity contribution in [2.45, 2.75) is 13.5 Å². The first kappa shape index (κ1) is 24.3. The van der Waals surface area contributed by atoms with Crippen LogP contribution in [0.4, 0.5) is 5.69 Å². The summed E-state index contributed by atoms with van der Waals surface area (Å²) in [4.78, 5) is 27.6. The maximum Gasteiger partial charge on any atom is 0.270 e. The first-order chi connectivity index (χ1) is 17.9. The molecule has 1 aliphatic rings. The fourth-order valence-electron chi connectivity index (χ4n) is 4.25. The topological polar surface area (TPSA) is 72.8 Å². The summed E-state index contributed by atoms with van der Waals surface area (Å²) in [5.41, 5.74) is 3.41. The summed E-state index contributed by atoms with van der Waals surface area (Å²) in [6.45, 7) is 2.98. The van der Waals surface area contributed by atoms with E-state index in [0.717, 1.165) is 33.5 Å². The van der Waals surface area contributed by atoms with Crippen LogP contribution in [0.5, 0.6) is 11.5 Å². The van der Waals surface area contributed by atoms with Crippen molar-refractivity contribution < 1.29 is 19.1 Å². The first-order valence-corrected chi connectivity index (χ1v) is 12.2. The number of ether oxygens (including phenoxy) is 2. The molecule has 0 saturated carbocycles. The van der Waals surface area contributed by atoms with E-state index in [2.05, 4.69) is 9.88 Å². The summed E-state index contributed by atoms with van der Waals surface area (Å²) in [7, 11) is 1.62. The van der Waals surface area contributed by atoms with Crippen molar-refractivity contribution in [3.05, 3.63) is 95.7 Å². The minimum atomic E-state index is -0.516. The lowest BCUT2D eigenvalue weighted by Gasteiger charge is -2.29. The number of methoxy groups -OCH3 is 1. The Morgan fingerprint density at radius 3 is 2.38 bits per heavy atom. The van der Waals surface area contributed by atoms with Gasteiger partial charge >= 0.3 is 0 Å². The van der Waals surface area contributed by atoms with Crippen molar-refractivity contribution in [2.24, 2.45) is 0 Å². The molecule has 4 aromatic rings. The third-order valence-electron chi connectivity index (χ3n) is 6.17. The van der Waals surface area contributed by atoms with Crippen LogP contribution in [0.1, 0.15) is 11.1 Å². The molecule has 2 amide bonds. The van der Waals surface area contributed by atoms with Gasteiger partial charge in [-0.2, -0.15) is 0 Å². The number of rotatable bonds is 7. The van der Waals surface area contributed by atoms with Crippen LogP contribution in [-0.2, 0) is 16.1 Å². The van der Waals surface area contributed by atoms with E-state index >= 15 is 0 Å². The second-order valence-corrected chi connectivity index (χ2v) is 9.00. The predicted molar refractivity (Wildman–Crippen MR) is 148 cm³/mol. The molecule has 0 aliphatic carbocycles. The highest BCUT2D eigenvalue weighted by atomic mass is 32.1. The van der Waals surface area contributed by atoms with E-state index in [4.69, 9.17) is 21.7 Å². The molecule has 0 atom stereocenters. The van der Waals surface area contributed by atoms with Gasteiger partial charge in [0, 0.05) is 22.7 Å². The predicted octanol–water partition coefficient (Wildman–Crippen LogP) is 4.87. The summed E-state index contributed by atoms with van der Waals surface area (Å²) in [6, 6.07) is 22.7. The van der Waals surface area contributed by atoms with E-state index in [9.17, 15) is 9.59 Å². The van der Waals surface area contributed by atoms with E-state index in [1.807, 2.05) is 85.9 Å². The second-order valence-electron chi connectivity index (χ2n) is 8.61. The third-order valence-corrected chi connectivity index (χ3v) is 6.46. The van der Waals surface area contributed by atoms with Crippen LogP contribution in [0.25, 0.3) is 17.0 Å². The van der Waals surface area contributed by atoms with Crippen molar-refractivity contribution in [1.82, 2.24) is 9.88 Å². The van der Waals surface area contributed by atoms with E-state index in [1.54, 1.807) is 13.2 Å². The SMILES string of the molecule is COc1ccc(OCCn2cc(/C=C3\C(=O)NC(=S)N(c4ccc(C)cc4)C3=O)c3ccccc32)cc1. The molecule has 1 fully saturated rings. The quantitative estimate of drug-likeness (QED) is 0.218. The van der Waals surface area contributed by atoms with Gasteiger partial charge in [0.2, 0.25) is 0 Å². The zero-order valence-electron chi connectivity index (χ0n) is 20.4. The summed E-state index contributed by atoms with van der Waals surface area (Å²) in [5.74, 6) is 0.538. The zero-order valence-corrected chi connectivity index (χ0v) is 21.2. The summed E-state index contributed by atoms with van der Waals surface area (Å²) < 4.78 is 13.1. The van der Waals surface area contributed by atoms with Gasteiger partial charge in [0.25, 0.3) is 11.8 Å². The summed E-state index contributed by atoms with van der Waals surface area (Å²) >= 11 is 5.32. The largest absolute Gasteiger partial charge is 0.497 e. The molecule has 2 heterocycles. The van der Waals surface area contributed by atoms with E-state index in [0.29, 0.717) is 18.8 Å². The summed E-state index contributed by atoms with van der Waals surface area (Å²) in [5, 5.41) is 3.64. The molecule has 0 spiro atoms. The number of amides is 2. The normalized spacial score (nSPS) is 14.8. The molecule has 8 heteroatoms. The Bertz CT molecular complexity index is 1520. The molecule has 0 bridgehead atoms. The Balaban J connectivity index is 1.42. The van der Waals surface area contributed by atoms with Crippen LogP contribution in [0.3, 0.4) is 0 Å². The van der Waals surface area contributed by atoms with Crippen molar-refractivity contribution in [3.63, 3.8) is 0 Å². The van der Waals surface area contributed by atoms with Gasteiger partial charge in [-0.3, -0.25) is 19.8 Å². The Hall–Kier alpha value is -4.43. The molecule has 1 saturated heterocycles. The number of para-hydroxylation sites is 1. The maximum atomic E-state index is 13.4. The molecule has 186 valence electrons. The van der Waals surface area contributed by atoms with Crippen LogP contribution >= 0.6 is 12.2 Å². The molecule has 0 radical (unpaired) electrons. The van der Waals surface area contributed by atoms with Crippen molar-refractivity contribution in [2.75, 3.05) is 18.6 Å². The number of hydrogen-bond donors (Lipinski definition) is 1. The lowest BCUT2D eigenvalue weighted by Crippen LogP contribution is -2.54. The van der Waals surface area contributed by atoms with Crippen molar-refractivity contribution >= 4 is 51.8 Å². The third kappa shape index (κ3) is 4.96. The molecule has 5 rings (SSSR count). The molecule has 1 N–H and O–H groups in total. The second kappa shape index (κ2) is 10.3. The smallest absolute Gasteiger partial charge is 0.270 e. The van der Waals surface area contributed by atoms with Crippen LogP contribution in [0, 0.1) is 6.92 Å². The minimum absolute atomic E-state index is 0.0200. The molecule has 37 heavy (non-hydrogen) atoms. The van der Waals surface area contributed by atoms with Crippen LogP contribution in [0.15, 0.2) is 84.6 Å². The zero-order chi connectivity index (χ0) is 25.9. The molecular formula is C29H25N3O4S. The Morgan fingerprint density at radius 1 is 0.946 bits per heavy atom. The maximum absolute atomic E-state index is 13.4. The van der Waals surface area contributed by atoms with E-state index in [1.165, 1.54) is 4.90 Å². The van der Waals surface area contributed by atoms with Gasteiger partial charge in [0.1, 0.15) is 23.7 Å². The number of hydrogen-bond acceptors (Lipinski definition) is 5. The van der Waals surface area contributed by atoms with Gasteiger partial charge in [-0.05, 0) is 67.7 Å². The number of aromatic nitrogens is 1. The number of benzene rings is 3. The average Bonchev–Trinajstić information content (AvgIpc) is 3.25. The molecule has 0 unspecified atom stereocenters. The highest BCUT2D eigenvalue weighted by Gasteiger charge is 2.34. The molecular weight excluding hydrogens is 486 g/mol. The van der Waals surface area contributed by atoms with Crippen molar-refractivity contribution in [1.29, 1.82) is 0 Å². The molecule has 1 aromatic heterocycles. The fraction of sp³-hybridized carbons (Fsp3) is 0.138. The Labute approximate surface area is 219 Å². The lowest BCUT2D eigenvalue weighted by molar-refractivity contribution is -0.122. The number of anilines is 1. The number of carbonyl (C=O) groups excluding carboxylic acids is 2. The highest BCUT2D eigenvalue weighted by Crippen LogP contribution is 2.27. The minimum Gasteiger partial charge on any atom is -0.497 e. The molecule has 3 aromatic carbocycles. The van der Waals surface area contributed by atoms with Gasteiger partial charge in [-0.25, -0.2) is 0 Å². The molecule has 7 nitrogen and oxygen atoms in total. The Kier molecular flexibility index (Phi) is 6.74. The monoisotopic (exact) mass is 511 g/mol. The standard InChI is InChI=1S/C29H25N3O4S/c1-19-7-9-21(10-8-19)32-28(34)25(27(33)30-29(32)37)17-20-18-31(26-6-4-3-5-24(20)26)15-16-36-23-13-11-22(35-2)12-14-23/h3-14,17-18H,15-16H2,1-2H3,(H,30,33,37)/b25-17+. The number of nitrogens with one attached hydrogen (secondary N) is 1. The van der Waals surface area contributed by atoms with Gasteiger partial charge < -0.3 is 14.0 Å². The number of thiocarbonyl (C=S) groups is 1. The van der Waals surface area contributed by atoms with Crippen LogP contribution in [0.2, 0.25) is 0 Å². The first-order valence-electron chi connectivity index (χ1n) is 11.8. The van der Waals surface area contributed by atoms with Crippen LogP contribution in [-0.4, -0.2) is 35.2 Å². The summed E-state index contributed by atoms with van der Waals surface area (Å²) in [6.07, 6.45) is 3.56. The van der Waals surface area contributed by atoms with Gasteiger partial charge in [0.15, 0.2) is 5.11 Å². The fourth-order valence-corrected chi connectivity index (χ4v) is 4.53. The molecule has 1 aliphatic heterocycles. The van der Waals surface area contributed by atoms with Gasteiger partial charge in [0.05, 0.1) is 19.3 Å². The number of aryl methyl sites for hydroxylation is 1.